The lowest BCUT2D eigenvalue weighted by Crippen LogP contribution is -2.18. The molecule has 4 rings (SSSR count). The monoisotopic (exact) mass is 436 g/mol. The van der Waals surface area contributed by atoms with Gasteiger partial charge in [0.05, 0.1) is 16.3 Å². The number of nitrogens with zero attached hydrogens (tertiary/aromatic N) is 1. The molecule has 0 aliphatic carbocycles. The first-order valence-electron chi connectivity index (χ1n) is 10.6. The van der Waals surface area contributed by atoms with Crippen LogP contribution in [0.15, 0.2) is 66.2 Å². The highest BCUT2D eigenvalue weighted by Gasteiger charge is 2.24. The fourth-order valence-corrected chi connectivity index (χ4v) is 4.79. The quantitative estimate of drug-likeness (QED) is 0.561. The Balaban J connectivity index is 1.65. The van der Waals surface area contributed by atoms with Crippen LogP contribution in [0.5, 0.6) is 0 Å². The van der Waals surface area contributed by atoms with Crippen molar-refractivity contribution in [3.05, 3.63) is 78.1 Å². The van der Waals surface area contributed by atoms with Gasteiger partial charge in [-0.25, -0.2) is 8.42 Å². The fourth-order valence-electron chi connectivity index (χ4n) is 4.16. The summed E-state index contributed by atoms with van der Waals surface area (Å²) in [5.41, 5.74) is 5.06. The zero-order valence-corrected chi connectivity index (χ0v) is 18.6. The summed E-state index contributed by atoms with van der Waals surface area (Å²) in [4.78, 5) is 8.44. The average molecular weight is 437 g/mol. The molecule has 3 aromatic rings. The molecular weight excluding hydrogens is 408 g/mol. The van der Waals surface area contributed by atoms with Gasteiger partial charge in [-0.2, -0.15) is 0 Å². The third-order valence-corrected chi connectivity index (χ3v) is 7.13. The van der Waals surface area contributed by atoms with E-state index in [-0.39, 0.29) is 5.92 Å². The summed E-state index contributed by atoms with van der Waals surface area (Å²) in [6.07, 6.45) is 7.92. The van der Waals surface area contributed by atoms with E-state index in [2.05, 4.69) is 28.7 Å². The Morgan fingerprint density at radius 1 is 1.13 bits per heavy atom. The Morgan fingerprint density at radius 2 is 1.87 bits per heavy atom. The molecule has 31 heavy (non-hydrogen) atoms. The number of sulfone groups is 1. The van der Waals surface area contributed by atoms with Crippen LogP contribution in [0.4, 0.5) is 0 Å². The molecule has 1 N–H and O–H groups in total. The molecule has 0 spiro atoms. The van der Waals surface area contributed by atoms with Gasteiger partial charge in [0, 0.05) is 37.3 Å². The van der Waals surface area contributed by atoms with Crippen LogP contribution in [0, 0.1) is 5.92 Å². The maximum absolute atomic E-state index is 11.9. The first-order chi connectivity index (χ1) is 14.9. The molecular formula is C25H28N2O3S. The van der Waals surface area contributed by atoms with Crippen LogP contribution in [0.1, 0.15) is 42.0 Å². The van der Waals surface area contributed by atoms with Crippen molar-refractivity contribution in [2.45, 2.75) is 30.1 Å². The number of ether oxygens (including phenoxy) is 1. The highest BCUT2D eigenvalue weighted by atomic mass is 32.2. The molecule has 0 bridgehead atoms. The summed E-state index contributed by atoms with van der Waals surface area (Å²) in [5.74, 6) is 0.725. The normalized spacial score (nSPS) is 16.2. The molecule has 1 aliphatic rings. The van der Waals surface area contributed by atoms with Crippen LogP contribution < -0.4 is 0 Å². The number of aromatic nitrogens is 2. The van der Waals surface area contributed by atoms with E-state index in [4.69, 9.17) is 4.74 Å². The van der Waals surface area contributed by atoms with Gasteiger partial charge in [0.15, 0.2) is 9.84 Å². The standard InChI is InChI=1S/C25H28N2O3S/c1-3-18-4-9-24(26-17-18)25-11-10-23(27-25)22(16-19-12-14-30-15-13-19)20-5-7-21(8-6-20)31(2,28)29/h3-11,17,19,22,27H,1,12-16H2,2H3. The van der Waals surface area contributed by atoms with E-state index in [9.17, 15) is 8.42 Å². The van der Waals surface area contributed by atoms with E-state index in [1.54, 1.807) is 18.2 Å². The van der Waals surface area contributed by atoms with E-state index in [1.165, 1.54) is 6.26 Å². The van der Waals surface area contributed by atoms with Crippen molar-refractivity contribution in [1.29, 1.82) is 0 Å². The van der Waals surface area contributed by atoms with Gasteiger partial charge in [-0.3, -0.25) is 4.98 Å². The van der Waals surface area contributed by atoms with E-state index in [0.29, 0.717) is 10.8 Å². The minimum absolute atomic E-state index is 0.151. The van der Waals surface area contributed by atoms with E-state index >= 15 is 0 Å². The lowest BCUT2D eigenvalue weighted by atomic mass is 9.83. The highest BCUT2D eigenvalue weighted by molar-refractivity contribution is 7.90. The Kier molecular flexibility index (Phi) is 6.39. The maximum atomic E-state index is 11.9. The molecule has 1 saturated heterocycles. The van der Waals surface area contributed by atoms with Crippen LogP contribution in [0.3, 0.4) is 0 Å². The van der Waals surface area contributed by atoms with Crippen molar-refractivity contribution >= 4 is 15.9 Å². The summed E-state index contributed by atoms with van der Waals surface area (Å²) in [5, 5.41) is 0. The maximum Gasteiger partial charge on any atom is 0.175 e. The second-order valence-corrected chi connectivity index (χ2v) is 10.2. The van der Waals surface area contributed by atoms with Gasteiger partial charge in [0.1, 0.15) is 0 Å². The molecule has 1 aliphatic heterocycles. The van der Waals surface area contributed by atoms with E-state index in [0.717, 1.165) is 60.7 Å². The molecule has 3 heterocycles. The van der Waals surface area contributed by atoms with E-state index < -0.39 is 9.84 Å². The van der Waals surface area contributed by atoms with Gasteiger partial charge in [-0.05, 0) is 66.6 Å². The average Bonchev–Trinajstić information content (AvgIpc) is 3.28. The minimum Gasteiger partial charge on any atom is -0.381 e. The molecule has 0 saturated carbocycles. The summed E-state index contributed by atoms with van der Waals surface area (Å²) in [6, 6.07) is 15.5. The highest BCUT2D eigenvalue weighted by Crippen LogP contribution is 2.35. The molecule has 1 aromatic carbocycles. The minimum atomic E-state index is -3.21. The Hall–Kier alpha value is -2.70. The SMILES string of the molecule is C=Cc1ccc(-c2ccc(C(CC3CCOCC3)c3ccc(S(C)(=O)=O)cc3)[nH]2)nc1. The lowest BCUT2D eigenvalue weighted by Gasteiger charge is -2.27. The second kappa shape index (κ2) is 9.20. The van der Waals surface area contributed by atoms with Crippen molar-refractivity contribution in [3.8, 4) is 11.4 Å². The third kappa shape index (κ3) is 5.14. The third-order valence-electron chi connectivity index (χ3n) is 6.00. The zero-order chi connectivity index (χ0) is 21.8. The molecule has 1 atom stereocenters. The van der Waals surface area contributed by atoms with Gasteiger partial charge < -0.3 is 9.72 Å². The first kappa shape index (κ1) is 21.5. The molecule has 162 valence electrons. The van der Waals surface area contributed by atoms with Crippen LogP contribution in [0.25, 0.3) is 17.5 Å². The van der Waals surface area contributed by atoms with Gasteiger partial charge in [0.25, 0.3) is 0 Å². The van der Waals surface area contributed by atoms with Gasteiger partial charge in [-0.15, -0.1) is 0 Å². The van der Waals surface area contributed by atoms with Crippen molar-refractivity contribution < 1.29 is 13.2 Å². The topological polar surface area (TPSA) is 72.1 Å². The van der Waals surface area contributed by atoms with Crippen molar-refractivity contribution in [2.75, 3.05) is 19.5 Å². The Labute approximate surface area is 184 Å². The van der Waals surface area contributed by atoms with Crippen molar-refractivity contribution in [3.63, 3.8) is 0 Å². The molecule has 0 radical (unpaired) electrons. The number of rotatable bonds is 7. The molecule has 5 nitrogen and oxygen atoms in total. The number of hydrogen-bond donors (Lipinski definition) is 1. The van der Waals surface area contributed by atoms with Crippen molar-refractivity contribution in [1.82, 2.24) is 9.97 Å². The smallest absolute Gasteiger partial charge is 0.175 e. The predicted molar refractivity (Wildman–Crippen MR) is 124 cm³/mol. The van der Waals surface area contributed by atoms with Crippen molar-refractivity contribution in [2.24, 2.45) is 5.92 Å². The zero-order valence-electron chi connectivity index (χ0n) is 17.8. The molecule has 0 amide bonds. The second-order valence-electron chi connectivity index (χ2n) is 8.19. The Bertz CT molecular complexity index is 1130. The number of aromatic amines is 1. The van der Waals surface area contributed by atoms with Crippen LogP contribution in [-0.4, -0.2) is 37.9 Å². The molecule has 2 aromatic heterocycles. The summed E-state index contributed by atoms with van der Waals surface area (Å²) in [7, 11) is -3.21. The first-order valence-corrected chi connectivity index (χ1v) is 12.5. The van der Waals surface area contributed by atoms with Gasteiger partial charge in [0.2, 0.25) is 0 Å². The Morgan fingerprint density at radius 3 is 2.48 bits per heavy atom. The summed E-state index contributed by atoms with van der Waals surface area (Å²) in [6.45, 7) is 5.39. The molecule has 1 fully saturated rings. The van der Waals surface area contributed by atoms with Gasteiger partial charge >= 0.3 is 0 Å². The lowest BCUT2D eigenvalue weighted by molar-refractivity contribution is 0.0626. The summed E-state index contributed by atoms with van der Waals surface area (Å²) < 4.78 is 29.3. The van der Waals surface area contributed by atoms with E-state index in [1.807, 2.05) is 30.5 Å². The number of pyridine rings is 1. The summed E-state index contributed by atoms with van der Waals surface area (Å²) >= 11 is 0. The van der Waals surface area contributed by atoms with Crippen LogP contribution in [-0.2, 0) is 14.6 Å². The molecule has 6 heteroatoms. The van der Waals surface area contributed by atoms with Crippen LogP contribution >= 0.6 is 0 Å². The fraction of sp³-hybridized carbons (Fsp3) is 0.320. The number of nitrogens with one attached hydrogen (secondary N) is 1. The number of H-pyrrole nitrogens is 1. The predicted octanol–water partition coefficient (Wildman–Crippen LogP) is 5.07. The number of benzene rings is 1. The van der Waals surface area contributed by atoms with Crippen LogP contribution in [0.2, 0.25) is 0 Å². The molecule has 1 unspecified atom stereocenters. The largest absolute Gasteiger partial charge is 0.381 e. The van der Waals surface area contributed by atoms with Gasteiger partial charge in [-0.1, -0.05) is 30.9 Å². The number of hydrogen-bond acceptors (Lipinski definition) is 4.